The highest BCUT2D eigenvalue weighted by Gasteiger charge is 2.06. The van der Waals surface area contributed by atoms with Crippen LogP contribution in [0.2, 0.25) is 0 Å². The molecule has 0 saturated carbocycles. The summed E-state index contributed by atoms with van der Waals surface area (Å²) < 4.78 is 0. The number of nitrogens with zero attached hydrogens (tertiary/aromatic N) is 2. The molecular formula is C14H11N3O2. The Kier molecular flexibility index (Phi) is 2.72. The minimum Gasteiger partial charge on any atom is -0.478 e. The Hall–Kier alpha value is -2.69. The summed E-state index contributed by atoms with van der Waals surface area (Å²) >= 11 is 0. The molecule has 3 rings (SSSR count). The van der Waals surface area contributed by atoms with Crippen LogP contribution in [0.1, 0.15) is 21.7 Å². The van der Waals surface area contributed by atoms with E-state index < -0.39 is 5.97 Å². The summed E-state index contributed by atoms with van der Waals surface area (Å²) in [6.45, 7) is 0. The summed E-state index contributed by atoms with van der Waals surface area (Å²) in [5, 5.41) is 8.96. The molecule has 94 valence electrons. The van der Waals surface area contributed by atoms with Crippen molar-refractivity contribution in [1.29, 1.82) is 0 Å². The van der Waals surface area contributed by atoms with E-state index in [-0.39, 0.29) is 5.56 Å². The molecule has 0 spiro atoms. The van der Waals surface area contributed by atoms with Gasteiger partial charge in [0, 0.05) is 12.6 Å². The standard InChI is InChI=1S/C14H11N3O2/c18-14(19)10-3-1-2-9(6-10)7-13-16-11-4-5-15-8-12(11)17-13/h1-6,8H,7H2,(H,16,17)(H,18,19). The number of hydrogen-bond donors (Lipinski definition) is 2. The van der Waals surface area contributed by atoms with Crippen LogP contribution in [-0.4, -0.2) is 26.0 Å². The van der Waals surface area contributed by atoms with Gasteiger partial charge in [-0.1, -0.05) is 12.1 Å². The third-order valence-electron chi connectivity index (χ3n) is 2.88. The monoisotopic (exact) mass is 253 g/mol. The number of aromatic nitrogens is 3. The number of aromatic amines is 1. The lowest BCUT2D eigenvalue weighted by Gasteiger charge is -2.00. The van der Waals surface area contributed by atoms with E-state index in [9.17, 15) is 4.79 Å². The number of aromatic carboxylic acids is 1. The van der Waals surface area contributed by atoms with Crippen molar-refractivity contribution in [3.8, 4) is 0 Å². The van der Waals surface area contributed by atoms with Crippen LogP contribution in [0, 0.1) is 0 Å². The molecule has 0 unspecified atom stereocenters. The molecule has 0 radical (unpaired) electrons. The summed E-state index contributed by atoms with van der Waals surface area (Å²) in [5.74, 6) is -0.124. The molecule has 0 atom stereocenters. The fraction of sp³-hybridized carbons (Fsp3) is 0.0714. The Morgan fingerprint density at radius 3 is 3.00 bits per heavy atom. The van der Waals surface area contributed by atoms with Crippen LogP contribution >= 0.6 is 0 Å². The summed E-state index contributed by atoms with van der Waals surface area (Å²) in [6, 6.07) is 8.70. The third-order valence-corrected chi connectivity index (χ3v) is 2.88. The fourth-order valence-electron chi connectivity index (χ4n) is 2.00. The maximum absolute atomic E-state index is 10.9. The molecule has 19 heavy (non-hydrogen) atoms. The van der Waals surface area contributed by atoms with Crippen molar-refractivity contribution in [1.82, 2.24) is 15.0 Å². The summed E-state index contributed by atoms with van der Waals surface area (Å²) in [4.78, 5) is 22.5. The SMILES string of the molecule is O=C(O)c1cccc(Cc2nc3ccncc3[nH]2)c1. The van der Waals surface area contributed by atoms with Gasteiger partial charge in [-0.25, -0.2) is 9.78 Å². The van der Waals surface area contributed by atoms with Crippen LogP contribution in [0.4, 0.5) is 0 Å². The molecular weight excluding hydrogens is 242 g/mol. The first-order valence-corrected chi connectivity index (χ1v) is 5.83. The summed E-state index contributed by atoms with van der Waals surface area (Å²) in [7, 11) is 0. The number of rotatable bonds is 3. The molecule has 0 aliphatic heterocycles. The van der Waals surface area contributed by atoms with E-state index in [1.54, 1.807) is 30.6 Å². The van der Waals surface area contributed by atoms with Crippen LogP contribution in [-0.2, 0) is 6.42 Å². The van der Waals surface area contributed by atoms with E-state index in [1.807, 2.05) is 12.1 Å². The Morgan fingerprint density at radius 2 is 2.21 bits per heavy atom. The van der Waals surface area contributed by atoms with Gasteiger partial charge in [-0.15, -0.1) is 0 Å². The number of carbonyl (C=O) groups is 1. The Labute approximate surface area is 109 Å². The second-order valence-electron chi connectivity index (χ2n) is 4.26. The van der Waals surface area contributed by atoms with Crippen LogP contribution in [0.3, 0.4) is 0 Å². The zero-order valence-electron chi connectivity index (χ0n) is 10.00. The average Bonchev–Trinajstić information content (AvgIpc) is 2.81. The van der Waals surface area contributed by atoms with Gasteiger partial charge in [0.25, 0.3) is 0 Å². The predicted octanol–water partition coefficient (Wildman–Crippen LogP) is 2.25. The molecule has 2 N–H and O–H groups in total. The van der Waals surface area contributed by atoms with Crippen molar-refractivity contribution < 1.29 is 9.90 Å². The maximum atomic E-state index is 10.9. The molecule has 0 fully saturated rings. The van der Waals surface area contributed by atoms with Gasteiger partial charge in [-0.3, -0.25) is 4.98 Å². The third kappa shape index (κ3) is 2.30. The fourth-order valence-corrected chi connectivity index (χ4v) is 2.00. The number of pyridine rings is 1. The predicted molar refractivity (Wildman–Crippen MR) is 70.1 cm³/mol. The average molecular weight is 253 g/mol. The molecule has 2 aromatic heterocycles. The highest BCUT2D eigenvalue weighted by Crippen LogP contribution is 2.13. The number of nitrogens with one attached hydrogen (secondary N) is 1. The van der Waals surface area contributed by atoms with E-state index in [4.69, 9.17) is 5.11 Å². The molecule has 5 heteroatoms. The molecule has 1 aromatic carbocycles. The quantitative estimate of drug-likeness (QED) is 0.750. The number of H-pyrrole nitrogens is 1. The Balaban J connectivity index is 1.92. The molecule has 5 nitrogen and oxygen atoms in total. The van der Waals surface area contributed by atoms with Gasteiger partial charge in [-0.05, 0) is 23.8 Å². The first-order chi connectivity index (χ1) is 9.22. The summed E-state index contributed by atoms with van der Waals surface area (Å²) in [6.07, 6.45) is 3.98. The van der Waals surface area contributed by atoms with Crippen molar-refractivity contribution in [3.05, 3.63) is 59.7 Å². The Morgan fingerprint density at radius 1 is 1.32 bits per heavy atom. The smallest absolute Gasteiger partial charge is 0.335 e. The lowest BCUT2D eigenvalue weighted by atomic mass is 10.1. The zero-order chi connectivity index (χ0) is 13.2. The summed E-state index contributed by atoms with van der Waals surface area (Å²) in [5.41, 5.74) is 2.94. The normalized spacial score (nSPS) is 10.7. The van der Waals surface area contributed by atoms with Gasteiger partial charge in [0.15, 0.2) is 0 Å². The second-order valence-corrected chi connectivity index (χ2v) is 4.26. The van der Waals surface area contributed by atoms with E-state index in [2.05, 4.69) is 15.0 Å². The number of hydrogen-bond acceptors (Lipinski definition) is 3. The lowest BCUT2D eigenvalue weighted by molar-refractivity contribution is 0.0697. The Bertz CT molecular complexity index is 716. The van der Waals surface area contributed by atoms with Crippen molar-refractivity contribution in [3.63, 3.8) is 0 Å². The van der Waals surface area contributed by atoms with Gasteiger partial charge in [-0.2, -0.15) is 0 Å². The van der Waals surface area contributed by atoms with Crippen LogP contribution < -0.4 is 0 Å². The lowest BCUT2D eigenvalue weighted by Crippen LogP contribution is -1.98. The molecule has 0 amide bonds. The van der Waals surface area contributed by atoms with Gasteiger partial charge < -0.3 is 10.1 Å². The molecule has 3 aromatic rings. The van der Waals surface area contributed by atoms with Gasteiger partial charge in [0.1, 0.15) is 5.82 Å². The molecule has 2 heterocycles. The van der Waals surface area contributed by atoms with Crippen molar-refractivity contribution in [2.45, 2.75) is 6.42 Å². The van der Waals surface area contributed by atoms with E-state index in [1.165, 1.54) is 0 Å². The zero-order valence-corrected chi connectivity index (χ0v) is 10.00. The van der Waals surface area contributed by atoms with Crippen LogP contribution in [0.15, 0.2) is 42.7 Å². The number of benzene rings is 1. The number of fused-ring (bicyclic) bond motifs is 1. The molecule has 0 saturated heterocycles. The van der Waals surface area contributed by atoms with Gasteiger partial charge in [0.05, 0.1) is 22.8 Å². The highest BCUT2D eigenvalue weighted by molar-refractivity contribution is 5.87. The maximum Gasteiger partial charge on any atom is 0.335 e. The minimum absolute atomic E-state index is 0.287. The van der Waals surface area contributed by atoms with E-state index >= 15 is 0 Å². The molecule has 0 aliphatic rings. The number of imidazole rings is 1. The first kappa shape index (κ1) is 11.4. The second kappa shape index (κ2) is 4.53. The number of carboxylic acid groups (broad SMARTS) is 1. The number of carboxylic acids is 1. The van der Waals surface area contributed by atoms with E-state index in [0.717, 1.165) is 22.4 Å². The molecule has 0 bridgehead atoms. The van der Waals surface area contributed by atoms with Crippen molar-refractivity contribution in [2.75, 3.05) is 0 Å². The van der Waals surface area contributed by atoms with Gasteiger partial charge in [0.2, 0.25) is 0 Å². The topological polar surface area (TPSA) is 78.9 Å². The van der Waals surface area contributed by atoms with E-state index in [0.29, 0.717) is 6.42 Å². The largest absolute Gasteiger partial charge is 0.478 e. The van der Waals surface area contributed by atoms with Gasteiger partial charge >= 0.3 is 5.97 Å². The minimum atomic E-state index is -0.921. The van der Waals surface area contributed by atoms with Crippen LogP contribution in [0.5, 0.6) is 0 Å². The first-order valence-electron chi connectivity index (χ1n) is 5.83. The van der Waals surface area contributed by atoms with Crippen molar-refractivity contribution in [2.24, 2.45) is 0 Å². The molecule has 0 aliphatic carbocycles. The van der Waals surface area contributed by atoms with Crippen LogP contribution in [0.25, 0.3) is 11.0 Å². The van der Waals surface area contributed by atoms with Crippen molar-refractivity contribution >= 4 is 17.0 Å². The highest BCUT2D eigenvalue weighted by atomic mass is 16.4.